The summed E-state index contributed by atoms with van der Waals surface area (Å²) in [6, 6.07) is 9.68. The van der Waals surface area contributed by atoms with E-state index in [2.05, 4.69) is 9.72 Å². The average Bonchev–Trinajstić information content (AvgIpc) is 2.29. The van der Waals surface area contributed by atoms with Crippen LogP contribution in [0.3, 0.4) is 0 Å². The highest BCUT2D eigenvalue weighted by Crippen LogP contribution is 2.21. The van der Waals surface area contributed by atoms with Crippen molar-refractivity contribution >= 4 is 28.8 Å². The van der Waals surface area contributed by atoms with Gasteiger partial charge in [0, 0.05) is 11.8 Å². The summed E-state index contributed by atoms with van der Waals surface area (Å²) in [5.74, 6) is 0. The predicted molar refractivity (Wildman–Crippen MR) is 62.5 cm³/mol. The van der Waals surface area contributed by atoms with Gasteiger partial charge in [0.2, 0.25) is 0 Å². The molecule has 16 heavy (non-hydrogen) atoms. The van der Waals surface area contributed by atoms with E-state index in [1.54, 1.807) is 0 Å². The molecule has 0 fully saturated rings. The molecule has 0 aliphatic heterocycles. The maximum absolute atomic E-state index is 10.1. The minimum absolute atomic E-state index is 0.320. The maximum Gasteiger partial charge on any atom is 0.293 e. The van der Waals surface area contributed by atoms with Crippen LogP contribution in [0.15, 0.2) is 30.3 Å². The summed E-state index contributed by atoms with van der Waals surface area (Å²) in [7, 11) is 0. The highest BCUT2D eigenvalue weighted by atomic mass is 35.5. The fraction of sp³-hybridized carbons (Fsp3) is 0.167. The monoisotopic (exact) mass is 235 g/mol. The highest BCUT2D eigenvalue weighted by Gasteiger charge is 2.04. The molecule has 82 valence electrons. The van der Waals surface area contributed by atoms with Crippen molar-refractivity contribution in [1.82, 2.24) is 4.98 Å². The topological polar surface area (TPSA) is 39.2 Å². The first kappa shape index (κ1) is 10.9. The highest BCUT2D eigenvalue weighted by molar-refractivity contribution is 6.30. The molecule has 0 aliphatic rings. The van der Waals surface area contributed by atoms with E-state index in [9.17, 15) is 4.79 Å². The van der Waals surface area contributed by atoms with E-state index >= 15 is 0 Å². The summed E-state index contributed by atoms with van der Waals surface area (Å²) < 4.78 is 4.66. The Morgan fingerprint density at radius 2 is 2.19 bits per heavy atom. The second-order valence-corrected chi connectivity index (χ2v) is 3.72. The van der Waals surface area contributed by atoms with Crippen LogP contribution < -0.4 is 0 Å². The second kappa shape index (κ2) is 4.94. The predicted octanol–water partition coefficient (Wildman–Crippen LogP) is 2.60. The lowest BCUT2D eigenvalue weighted by Crippen LogP contribution is -2.00. The molecular weight excluding hydrogens is 226 g/mol. The number of pyridine rings is 1. The van der Waals surface area contributed by atoms with Crippen molar-refractivity contribution in [2.45, 2.75) is 6.42 Å². The molecule has 0 spiro atoms. The number of nitrogens with zero attached hydrogens (tertiary/aromatic N) is 1. The molecule has 0 N–H and O–H groups in total. The van der Waals surface area contributed by atoms with Crippen molar-refractivity contribution in [3.05, 3.63) is 41.2 Å². The van der Waals surface area contributed by atoms with E-state index in [1.165, 1.54) is 0 Å². The molecule has 0 atom stereocenters. The Morgan fingerprint density at radius 3 is 3.00 bits per heavy atom. The number of hydrogen-bond donors (Lipinski definition) is 0. The zero-order valence-corrected chi connectivity index (χ0v) is 9.28. The number of fused-ring (bicyclic) bond motifs is 1. The number of ether oxygens (including phenoxy) is 1. The van der Waals surface area contributed by atoms with E-state index in [4.69, 9.17) is 11.6 Å². The van der Waals surface area contributed by atoms with Crippen molar-refractivity contribution in [3.63, 3.8) is 0 Å². The van der Waals surface area contributed by atoms with Gasteiger partial charge in [0.05, 0.1) is 12.3 Å². The first-order chi connectivity index (χ1) is 7.81. The molecule has 0 saturated heterocycles. The molecule has 0 saturated carbocycles. The standard InChI is InChI=1S/C12H10ClNO2/c13-12-7-9-3-1-2-4-10(9)11(14-12)5-6-16-8-15/h1-4,7-8H,5-6H2. The van der Waals surface area contributed by atoms with Crippen LogP contribution in [0.25, 0.3) is 10.8 Å². The van der Waals surface area contributed by atoms with Crippen LogP contribution in [0, 0.1) is 0 Å². The van der Waals surface area contributed by atoms with Crippen molar-refractivity contribution in [1.29, 1.82) is 0 Å². The van der Waals surface area contributed by atoms with E-state index in [0.717, 1.165) is 16.5 Å². The molecule has 0 amide bonds. The first-order valence-corrected chi connectivity index (χ1v) is 5.28. The van der Waals surface area contributed by atoms with Crippen LogP contribution in [0.5, 0.6) is 0 Å². The molecule has 1 aromatic heterocycles. The number of rotatable bonds is 4. The lowest BCUT2D eigenvalue weighted by molar-refractivity contribution is -0.128. The normalized spacial score (nSPS) is 10.3. The smallest absolute Gasteiger partial charge is 0.293 e. The Balaban J connectivity index is 2.38. The van der Waals surface area contributed by atoms with Crippen LogP contribution in [-0.4, -0.2) is 18.1 Å². The van der Waals surface area contributed by atoms with Gasteiger partial charge in [-0.25, -0.2) is 4.98 Å². The second-order valence-electron chi connectivity index (χ2n) is 3.33. The Morgan fingerprint density at radius 1 is 1.38 bits per heavy atom. The van der Waals surface area contributed by atoms with Gasteiger partial charge in [0.15, 0.2) is 0 Å². The van der Waals surface area contributed by atoms with Crippen LogP contribution >= 0.6 is 11.6 Å². The van der Waals surface area contributed by atoms with Crippen molar-refractivity contribution < 1.29 is 9.53 Å². The average molecular weight is 236 g/mol. The minimum atomic E-state index is 0.320. The fourth-order valence-corrected chi connectivity index (χ4v) is 1.85. The molecule has 1 aromatic carbocycles. The lowest BCUT2D eigenvalue weighted by atomic mass is 10.1. The third-order valence-corrected chi connectivity index (χ3v) is 2.51. The number of benzene rings is 1. The lowest BCUT2D eigenvalue weighted by Gasteiger charge is -2.05. The molecule has 2 rings (SSSR count). The number of halogens is 1. The van der Waals surface area contributed by atoms with Gasteiger partial charge < -0.3 is 4.74 Å². The van der Waals surface area contributed by atoms with Gasteiger partial charge in [-0.15, -0.1) is 0 Å². The third kappa shape index (κ3) is 2.31. The summed E-state index contributed by atoms with van der Waals surface area (Å²) in [4.78, 5) is 14.3. The molecule has 1 heterocycles. The maximum atomic E-state index is 10.1. The molecule has 2 aromatic rings. The zero-order valence-electron chi connectivity index (χ0n) is 8.52. The number of carbonyl (C=O) groups excluding carboxylic acids is 1. The molecule has 0 radical (unpaired) electrons. The Bertz CT molecular complexity index is 513. The van der Waals surface area contributed by atoms with Gasteiger partial charge in [0.1, 0.15) is 5.15 Å². The summed E-state index contributed by atoms with van der Waals surface area (Å²) in [6.45, 7) is 0.758. The summed E-state index contributed by atoms with van der Waals surface area (Å²) in [5, 5.41) is 2.55. The molecule has 0 unspecified atom stereocenters. The van der Waals surface area contributed by atoms with E-state index in [1.807, 2.05) is 30.3 Å². The Kier molecular flexibility index (Phi) is 3.37. The van der Waals surface area contributed by atoms with E-state index in [0.29, 0.717) is 24.7 Å². The minimum Gasteiger partial charge on any atom is -0.467 e. The zero-order chi connectivity index (χ0) is 11.4. The van der Waals surface area contributed by atoms with Crippen LogP contribution in [0.2, 0.25) is 5.15 Å². The van der Waals surface area contributed by atoms with Gasteiger partial charge in [-0.05, 0) is 11.5 Å². The van der Waals surface area contributed by atoms with Gasteiger partial charge in [-0.2, -0.15) is 0 Å². The summed E-state index contributed by atoms with van der Waals surface area (Å²) in [5.41, 5.74) is 0.852. The van der Waals surface area contributed by atoms with Crippen molar-refractivity contribution in [2.24, 2.45) is 0 Å². The third-order valence-electron chi connectivity index (χ3n) is 2.31. The number of hydrogen-bond acceptors (Lipinski definition) is 3. The number of aromatic nitrogens is 1. The van der Waals surface area contributed by atoms with Crippen molar-refractivity contribution in [3.8, 4) is 0 Å². The largest absolute Gasteiger partial charge is 0.467 e. The molecule has 0 bridgehead atoms. The van der Waals surface area contributed by atoms with Crippen molar-refractivity contribution in [2.75, 3.05) is 6.61 Å². The Hall–Kier alpha value is -1.61. The Labute approximate surface area is 98.0 Å². The molecular formula is C12H10ClNO2. The SMILES string of the molecule is O=COCCc1nc(Cl)cc2ccccc12. The van der Waals surface area contributed by atoms with Gasteiger partial charge in [0.25, 0.3) is 6.47 Å². The summed E-state index contributed by atoms with van der Waals surface area (Å²) in [6.07, 6.45) is 0.569. The molecule has 0 aliphatic carbocycles. The van der Waals surface area contributed by atoms with E-state index in [-0.39, 0.29) is 0 Å². The van der Waals surface area contributed by atoms with Gasteiger partial charge >= 0.3 is 0 Å². The van der Waals surface area contributed by atoms with Gasteiger partial charge in [-0.1, -0.05) is 35.9 Å². The van der Waals surface area contributed by atoms with Crippen LogP contribution in [0.4, 0.5) is 0 Å². The molecule has 4 heteroatoms. The van der Waals surface area contributed by atoms with Crippen LogP contribution in [0.1, 0.15) is 5.69 Å². The fourth-order valence-electron chi connectivity index (χ4n) is 1.63. The number of carbonyl (C=O) groups is 1. The van der Waals surface area contributed by atoms with Gasteiger partial charge in [-0.3, -0.25) is 4.79 Å². The summed E-state index contributed by atoms with van der Waals surface area (Å²) >= 11 is 5.92. The first-order valence-electron chi connectivity index (χ1n) is 4.90. The van der Waals surface area contributed by atoms with E-state index < -0.39 is 0 Å². The van der Waals surface area contributed by atoms with Crippen LogP contribution in [-0.2, 0) is 16.0 Å². The quantitative estimate of drug-likeness (QED) is 0.465. The molecule has 3 nitrogen and oxygen atoms in total.